The summed E-state index contributed by atoms with van der Waals surface area (Å²) in [6, 6.07) is 10.7. The number of nitrogens with zero attached hydrogens (tertiary/aromatic N) is 1. The molecular formula is C17H15F3N2O3. The summed E-state index contributed by atoms with van der Waals surface area (Å²) < 4.78 is 51.2. The van der Waals surface area contributed by atoms with E-state index in [0.29, 0.717) is 16.8 Å². The Hall–Kier alpha value is -2.74. The van der Waals surface area contributed by atoms with Gasteiger partial charge < -0.3 is 19.7 Å². The Morgan fingerprint density at radius 3 is 2.44 bits per heavy atom. The first-order valence-electron chi connectivity index (χ1n) is 7.46. The molecule has 1 heterocycles. The molecule has 0 fully saturated rings. The Bertz CT molecular complexity index is 858. The van der Waals surface area contributed by atoms with Crippen molar-refractivity contribution in [3.8, 4) is 22.8 Å². The molecule has 0 saturated carbocycles. The summed E-state index contributed by atoms with van der Waals surface area (Å²) in [5, 5.41) is 4.52. The Labute approximate surface area is 141 Å². The van der Waals surface area contributed by atoms with Crippen LogP contribution in [0.25, 0.3) is 22.1 Å². The number of benzene rings is 2. The van der Waals surface area contributed by atoms with Gasteiger partial charge in [0.15, 0.2) is 5.58 Å². The van der Waals surface area contributed by atoms with Gasteiger partial charge in [0.2, 0.25) is 0 Å². The first kappa shape index (κ1) is 17.1. The lowest BCUT2D eigenvalue weighted by Crippen LogP contribution is -2.23. The van der Waals surface area contributed by atoms with E-state index < -0.39 is 6.36 Å². The fraction of sp³-hybridized carbons (Fsp3) is 0.235. The van der Waals surface area contributed by atoms with Crippen molar-refractivity contribution in [3.63, 3.8) is 0 Å². The van der Waals surface area contributed by atoms with Gasteiger partial charge in [-0.15, -0.1) is 13.2 Å². The van der Waals surface area contributed by atoms with Gasteiger partial charge in [0.25, 0.3) is 5.88 Å². The molecule has 0 bridgehead atoms. The summed E-state index contributed by atoms with van der Waals surface area (Å²) in [5.74, 6) is 0.0504. The fourth-order valence-corrected chi connectivity index (χ4v) is 2.26. The molecule has 1 unspecified atom stereocenters. The highest BCUT2D eigenvalue weighted by atomic mass is 19.4. The number of alkyl halides is 3. The minimum absolute atomic E-state index is 0.156. The predicted molar refractivity (Wildman–Crippen MR) is 85.3 cm³/mol. The lowest BCUT2D eigenvalue weighted by Gasteiger charge is -2.09. The highest BCUT2D eigenvalue weighted by Crippen LogP contribution is 2.31. The van der Waals surface area contributed by atoms with Crippen molar-refractivity contribution in [1.82, 2.24) is 5.16 Å². The third-order valence-electron chi connectivity index (χ3n) is 3.34. The summed E-state index contributed by atoms with van der Waals surface area (Å²) in [6.45, 7) is 2.09. The van der Waals surface area contributed by atoms with E-state index in [2.05, 4.69) is 9.89 Å². The Kier molecular flexibility index (Phi) is 4.54. The van der Waals surface area contributed by atoms with E-state index in [4.69, 9.17) is 15.0 Å². The van der Waals surface area contributed by atoms with Gasteiger partial charge in [-0.1, -0.05) is 18.2 Å². The van der Waals surface area contributed by atoms with Crippen molar-refractivity contribution in [2.24, 2.45) is 5.73 Å². The number of hydrogen-bond donors (Lipinski definition) is 1. The Morgan fingerprint density at radius 2 is 1.80 bits per heavy atom. The van der Waals surface area contributed by atoms with Crippen LogP contribution < -0.4 is 15.2 Å². The quantitative estimate of drug-likeness (QED) is 0.748. The molecule has 0 saturated heterocycles. The number of aromatic nitrogens is 1. The molecule has 132 valence electrons. The molecular weight excluding hydrogens is 337 g/mol. The first-order valence-corrected chi connectivity index (χ1v) is 7.46. The van der Waals surface area contributed by atoms with Crippen LogP contribution >= 0.6 is 0 Å². The second-order valence-electron chi connectivity index (χ2n) is 5.56. The van der Waals surface area contributed by atoms with Crippen LogP contribution in [0.2, 0.25) is 0 Å². The molecule has 0 amide bonds. The van der Waals surface area contributed by atoms with Crippen LogP contribution in [0.1, 0.15) is 6.92 Å². The van der Waals surface area contributed by atoms with Crippen LogP contribution in [0.5, 0.6) is 11.6 Å². The Balaban J connectivity index is 1.87. The Morgan fingerprint density at radius 1 is 1.12 bits per heavy atom. The highest BCUT2D eigenvalue weighted by Gasteiger charge is 2.30. The van der Waals surface area contributed by atoms with Crippen molar-refractivity contribution in [1.29, 1.82) is 0 Å². The molecule has 25 heavy (non-hydrogen) atoms. The van der Waals surface area contributed by atoms with Crippen LogP contribution in [0.4, 0.5) is 13.2 Å². The van der Waals surface area contributed by atoms with E-state index in [1.54, 1.807) is 25.1 Å². The van der Waals surface area contributed by atoms with Crippen LogP contribution in [0.3, 0.4) is 0 Å². The standard InChI is InChI=1S/C17H15F3N2O3/c1-10(21)9-23-16-14-8-12(4-7-15(14)25-22-16)11-2-5-13(6-3-11)24-17(18,19)20/h2-8,10H,9,21H2,1H3. The molecule has 8 heteroatoms. The van der Waals surface area contributed by atoms with Crippen LogP contribution in [0, 0.1) is 0 Å². The summed E-state index contributed by atoms with van der Waals surface area (Å²) in [7, 11) is 0. The van der Waals surface area contributed by atoms with E-state index in [1.807, 2.05) is 0 Å². The molecule has 3 rings (SSSR count). The van der Waals surface area contributed by atoms with Gasteiger partial charge in [-0.2, -0.15) is 0 Å². The van der Waals surface area contributed by atoms with Crippen molar-refractivity contribution in [3.05, 3.63) is 42.5 Å². The SMILES string of the molecule is CC(N)COc1noc2ccc(-c3ccc(OC(F)(F)F)cc3)cc12. The molecule has 0 aliphatic rings. The van der Waals surface area contributed by atoms with Gasteiger partial charge in [-0.05, 0) is 47.5 Å². The highest BCUT2D eigenvalue weighted by molar-refractivity contribution is 5.87. The number of ether oxygens (including phenoxy) is 2. The van der Waals surface area contributed by atoms with Crippen LogP contribution in [-0.2, 0) is 0 Å². The molecule has 3 aromatic rings. The van der Waals surface area contributed by atoms with Crippen molar-refractivity contribution >= 4 is 11.0 Å². The fourth-order valence-electron chi connectivity index (χ4n) is 2.26. The minimum Gasteiger partial charge on any atom is -0.473 e. The third kappa shape index (κ3) is 4.21. The zero-order valence-corrected chi connectivity index (χ0v) is 13.2. The van der Waals surface area contributed by atoms with E-state index in [-0.39, 0.29) is 18.4 Å². The number of nitrogens with two attached hydrogens (primary N) is 1. The average Bonchev–Trinajstić information content (AvgIpc) is 2.94. The van der Waals surface area contributed by atoms with Gasteiger partial charge in [-0.25, -0.2) is 0 Å². The molecule has 1 atom stereocenters. The maximum atomic E-state index is 12.2. The topological polar surface area (TPSA) is 70.5 Å². The second-order valence-corrected chi connectivity index (χ2v) is 5.56. The van der Waals surface area contributed by atoms with Gasteiger partial charge in [0.05, 0.1) is 5.39 Å². The van der Waals surface area contributed by atoms with E-state index in [0.717, 1.165) is 11.1 Å². The van der Waals surface area contributed by atoms with Gasteiger partial charge in [0, 0.05) is 6.04 Å². The van der Waals surface area contributed by atoms with Crippen molar-refractivity contribution < 1.29 is 27.2 Å². The maximum Gasteiger partial charge on any atom is 0.573 e. The molecule has 0 aliphatic heterocycles. The van der Waals surface area contributed by atoms with E-state index in [1.165, 1.54) is 24.3 Å². The molecule has 1 aromatic heterocycles. The second kappa shape index (κ2) is 6.64. The lowest BCUT2D eigenvalue weighted by atomic mass is 10.0. The van der Waals surface area contributed by atoms with Crippen LogP contribution in [0.15, 0.2) is 47.0 Å². The summed E-state index contributed by atoms with van der Waals surface area (Å²) in [4.78, 5) is 0. The minimum atomic E-state index is -4.71. The van der Waals surface area contributed by atoms with E-state index in [9.17, 15) is 13.2 Å². The van der Waals surface area contributed by atoms with Crippen molar-refractivity contribution in [2.75, 3.05) is 6.61 Å². The van der Waals surface area contributed by atoms with Gasteiger partial charge >= 0.3 is 6.36 Å². The molecule has 0 radical (unpaired) electrons. The third-order valence-corrected chi connectivity index (χ3v) is 3.34. The largest absolute Gasteiger partial charge is 0.573 e. The number of rotatable bonds is 5. The smallest absolute Gasteiger partial charge is 0.473 e. The average molecular weight is 352 g/mol. The monoisotopic (exact) mass is 352 g/mol. The van der Waals surface area contributed by atoms with Crippen LogP contribution in [-0.4, -0.2) is 24.2 Å². The van der Waals surface area contributed by atoms with E-state index >= 15 is 0 Å². The molecule has 0 spiro atoms. The summed E-state index contributed by atoms with van der Waals surface area (Å²) >= 11 is 0. The first-order chi connectivity index (χ1) is 11.8. The normalized spacial score (nSPS) is 13.0. The molecule has 2 N–H and O–H groups in total. The maximum absolute atomic E-state index is 12.2. The molecule has 2 aromatic carbocycles. The zero-order chi connectivity index (χ0) is 18.0. The van der Waals surface area contributed by atoms with Gasteiger partial charge in [-0.3, -0.25) is 0 Å². The zero-order valence-electron chi connectivity index (χ0n) is 13.2. The molecule has 5 nitrogen and oxygen atoms in total. The number of halogens is 3. The number of fused-ring (bicyclic) bond motifs is 1. The summed E-state index contributed by atoms with van der Waals surface area (Å²) in [5.41, 5.74) is 7.69. The predicted octanol–water partition coefficient (Wildman–Crippen LogP) is 4.12. The number of hydrogen-bond acceptors (Lipinski definition) is 5. The molecule has 0 aliphatic carbocycles. The summed E-state index contributed by atoms with van der Waals surface area (Å²) in [6.07, 6.45) is -4.71. The lowest BCUT2D eigenvalue weighted by molar-refractivity contribution is -0.274. The van der Waals surface area contributed by atoms with Gasteiger partial charge in [0.1, 0.15) is 12.4 Å². The van der Waals surface area contributed by atoms with Crippen molar-refractivity contribution in [2.45, 2.75) is 19.3 Å².